The van der Waals surface area contributed by atoms with Crippen LogP contribution in [0.2, 0.25) is 0 Å². The van der Waals surface area contributed by atoms with Crippen LogP contribution in [0.3, 0.4) is 0 Å². The average Bonchev–Trinajstić information content (AvgIpc) is 3.04. The predicted octanol–water partition coefficient (Wildman–Crippen LogP) is 2.04. The number of ether oxygens (including phenoxy) is 1. The van der Waals surface area contributed by atoms with Gasteiger partial charge in [0, 0.05) is 31.1 Å². The zero-order valence-corrected chi connectivity index (χ0v) is 12.8. The molecule has 0 radical (unpaired) electrons. The third-order valence-corrected chi connectivity index (χ3v) is 5.03. The first-order chi connectivity index (χ1) is 11.2. The van der Waals surface area contributed by atoms with Gasteiger partial charge in [-0.1, -0.05) is 17.3 Å². The second kappa shape index (κ2) is 5.45. The van der Waals surface area contributed by atoms with Crippen LogP contribution in [0.15, 0.2) is 28.8 Å². The Morgan fingerprint density at radius 1 is 1.35 bits per heavy atom. The molecule has 1 unspecified atom stereocenters. The SMILES string of the molecule is NC(=O)c1cccc(Cc2noc(C3CC34CCOCC4)n2)c1. The lowest BCUT2D eigenvalue weighted by Crippen LogP contribution is -2.18. The number of amides is 1. The molecule has 2 aliphatic rings. The van der Waals surface area contributed by atoms with Gasteiger partial charge >= 0.3 is 0 Å². The fraction of sp³-hybridized carbons (Fsp3) is 0.471. The number of nitrogens with zero attached hydrogens (tertiary/aromatic N) is 2. The molecule has 1 aliphatic heterocycles. The molecule has 2 aromatic rings. The van der Waals surface area contributed by atoms with Gasteiger partial charge in [0.2, 0.25) is 11.8 Å². The third kappa shape index (κ3) is 2.74. The lowest BCUT2D eigenvalue weighted by atomic mass is 9.94. The molecule has 23 heavy (non-hydrogen) atoms. The zero-order valence-electron chi connectivity index (χ0n) is 12.8. The number of aromatic nitrogens is 2. The van der Waals surface area contributed by atoms with E-state index in [1.54, 1.807) is 12.1 Å². The summed E-state index contributed by atoms with van der Waals surface area (Å²) < 4.78 is 10.9. The summed E-state index contributed by atoms with van der Waals surface area (Å²) in [4.78, 5) is 15.8. The van der Waals surface area contributed by atoms with Gasteiger partial charge in [-0.2, -0.15) is 4.98 Å². The summed E-state index contributed by atoms with van der Waals surface area (Å²) in [7, 11) is 0. The maximum absolute atomic E-state index is 11.2. The minimum atomic E-state index is -0.430. The molecule has 1 saturated carbocycles. The first kappa shape index (κ1) is 14.4. The minimum Gasteiger partial charge on any atom is -0.381 e. The Bertz CT molecular complexity index is 734. The van der Waals surface area contributed by atoms with Crippen molar-refractivity contribution in [3.8, 4) is 0 Å². The molecule has 1 aromatic carbocycles. The van der Waals surface area contributed by atoms with Crippen LogP contribution < -0.4 is 5.73 Å². The van der Waals surface area contributed by atoms with Crippen LogP contribution in [-0.2, 0) is 11.2 Å². The molecule has 1 spiro atoms. The first-order valence-electron chi connectivity index (χ1n) is 7.95. The molecular weight excluding hydrogens is 294 g/mol. The smallest absolute Gasteiger partial charge is 0.248 e. The van der Waals surface area contributed by atoms with E-state index >= 15 is 0 Å². The van der Waals surface area contributed by atoms with E-state index in [2.05, 4.69) is 10.1 Å². The molecule has 4 rings (SSSR count). The van der Waals surface area contributed by atoms with Gasteiger partial charge in [-0.3, -0.25) is 4.79 Å². The van der Waals surface area contributed by atoms with Gasteiger partial charge in [-0.15, -0.1) is 0 Å². The highest BCUT2D eigenvalue weighted by Gasteiger charge is 2.57. The van der Waals surface area contributed by atoms with Crippen LogP contribution in [-0.4, -0.2) is 29.3 Å². The summed E-state index contributed by atoms with van der Waals surface area (Å²) in [6.45, 7) is 1.66. The second-order valence-corrected chi connectivity index (χ2v) is 6.52. The Balaban J connectivity index is 1.47. The zero-order chi connectivity index (χ0) is 15.9. The van der Waals surface area contributed by atoms with E-state index < -0.39 is 5.91 Å². The van der Waals surface area contributed by atoms with Crippen molar-refractivity contribution < 1.29 is 14.1 Å². The van der Waals surface area contributed by atoms with Crippen LogP contribution in [0.25, 0.3) is 0 Å². The van der Waals surface area contributed by atoms with Gasteiger partial charge < -0.3 is 15.0 Å². The molecule has 1 atom stereocenters. The van der Waals surface area contributed by atoms with Gasteiger partial charge in [-0.05, 0) is 42.4 Å². The first-order valence-corrected chi connectivity index (χ1v) is 7.95. The van der Waals surface area contributed by atoms with Crippen LogP contribution in [0.5, 0.6) is 0 Å². The van der Waals surface area contributed by atoms with E-state index in [4.69, 9.17) is 15.0 Å². The topological polar surface area (TPSA) is 91.2 Å². The molecular formula is C17H19N3O3. The minimum absolute atomic E-state index is 0.327. The molecule has 2 N–H and O–H groups in total. The highest BCUT2D eigenvalue weighted by atomic mass is 16.5. The standard InChI is InChI=1S/C17H19N3O3/c18-15(21)12-3-1-2-11(8-12)9-14-19-16(23-20-14)13-10-17(13)4-6-22-7-5-17/h1-3,8,13H,4-7,9-10H2,(H2,18,21). The quantitative estimate of drug-likeness (QED) is 0.932. The van der Waals surface area contributed by atoms with E-state index in [1.165, 1.54) is 0 Å². The molecule has 2 heterocycles. The van der Waals surface area contributed by atoms with Crippen molar-refractivity contribution in [2.45, 2.75) is 31.6 Å². The van der Waals surface area contributed by atoms with Gasteiger partial charge in [0.15, 0.2) is 5.82 Å². The Kier molecular flexibility index (Phi) is 3.41. The van der Waals surface area contributed by atoms with E-state index in [9.17, 15) is 4.79 Å². The number of hydrogen-bond donors (Lipinski definition) is 1. The number of benzene rings is 1. The number of hydrogen-bond acceptors (Lipinski definition) is 5. The van der Waals surface area contributed by atoms with Crippen molar-refractivity contribution in [3.05, 3.63) is 47.1 Å². The number of primary amides is 1. The Hall–Kier alpha value is -2.21. The third-order valence-electron chi connectivity index (χ3n) is 5.03. The molecule has 1 aliphatic carbocycles. The summed E-state index contributed by atoms with van der Waals surface area (Å²) in [5.74, 6) is 1.34. The van der Waals surface area contributed by atoms with Gasteiger partial charge in [0.1, 0.15) is 0 Å². The molecule has 2 fully saturated rings. The van der Waals surface area contributed by atoms with Crippen LogP contribution in [0.4, 0.5) is 0 Å². The van der Waals surface area contributed by atoms with Crippen molar-refractivity contribution in [3.63, 3.8) is 0 Å². The van der Waals surface area contributed by atoms with Crippen LogP contribution in [0.1, 0.15) is 52.8 Å². The maximum Gasteiger partial charge on any atom is 0.248 e. The van der Waals surface area contributed by atoms with E-state index in [-0.39, 0.29) is 0 Å². The summed E-state index contributed by atoms with van der Waals surface area (Å²) in [5, 5.41) is 4.09. The number of carbonyl (C=O) groups is 1. The average molecular weight is 313 g/mol. The molecule has 6 nitrogen and oxygen atoms in total. The molecule has 1 saturated heterocycles. The van der Waals surface area contributed by atoms with Crippen LogP contribution in [0, 0.1) is 5.41 Å². The lowest BCUT2D eigenvalue weighted by molar-refractivity contribution is 0.0544. The van der Waals surface area contributed by atoms with Crippen molar-refractivity contribution >= 4 is 5.91 Å². The van der Waals surface area contributed by atoms with Crippen LogP contribution >= 0.6 is 0 Å². The Morgan fingerprint density at radius 2 is 2.17 bits per heavy atom. The summed E-state index contributed by atoms with van der Waals surface area (Å²) in [6.07, 6.45) is 3.81. The number of nitrogens with two attached hydrogens (primary N) is 1. The van der Waals surface area contributed by atoms with Crippen molar-refractivity contribution in [2.24, 2.45) is 11.1 Å². The lowest BCUT2D eigenvalue weighted by Gasteiger charge is -2.21. The molecule has 120 valence electrons. The largest absolute Gasteiger partial charge is 0.381 e. The molecule has 6 heteroatoms. The Morgan fingerprint density at radius 3 is 2.96 bits per heavy atom. The highest BCUT2D eigenvalue weighted by molar-refractivity contribution is 5.92. The summed E-state index contributed by atoms with van der Waals surface area (Å²) in [6, 6.07) is 7.22. The fourth-order valence-electron chi connectivity index (χ4n) is 3.53. The number of rotatable bonds is 4. The summed E-state index contributed by atoms with van der Waals surface area (Å²) in [5.41, 5.74) is 7.08. The molecule has 0 bridgehead atoms. The highest BCUT2D eigenvalue weighted by Crippen LogP contribution is 2.64. The van der Waals surface area contributed by atoms with E-state index in [0.717, 1.165) is 43.9 Å². The van der Waals surface area contributed by atoms with Crippen molar-refractivity contribution in [1.82, 2.24) is 10.1 Å². The predicted molar refractivity (Wildman–Crippen MR) is 81.9 cm³/mol. The normalized spacial score (nSPS) is 22.2. The van der Waals surface area contributed by atoms with Crippen molar-refractivity contribution in [2.75, 3.05) is 13.2 Å². The van der Waals surface area contributed by atoms with Gasteiger partial charge in [0.25, 0.3) is 0 Å². The van der Waals surface area contributed by atoms with Gasteiger partial charge in [0.05, 0.1) is 0 Å². The maximum atomic E-state index is 11.2. The fourth-order valence-corrected chi connectivity index (χ4v) is 3.53. The summed E-state index contributed by atoms with van der Waals surface area (Å²) >= 11 is 0. The monoisotopic (exact) mass is 313 g/mol. The van der Waals surface area contributed by atoms with E-state index in [0.29, 0.717) is 29.1 Å². The van der Waals surface area contributed by atoms with E-state index in [1.807, 2.05) is 12.1 Å². The molecule has 1 aromatic heterocycles. The molecule has 1 amide bonds. The number of carbonyl (C=O) groups excluding carboxylic acids is 1. The second-order valence-electron chi connectivity index (χ2n) is 6.52. The van der Waals surface area contributed by atoms with Gasteiger partial charge in [-0.25, -0.2) is 0 Å². The Labute approximate surface area is 134 Å². The van der Waals surface area contributed by atoms with Crippen molar-refractivity contribution in [1.29, 1.82) is 0 Å².